The van der Waals surface area contributed by atoms with Gasteiger partial charge in [0, 0.05) is 50.5 Å². The second-order valence-electron chi connectivity index (χ2n) is 8.23. The Labute approximate surface area is 170 Å². The molecule has 29 heavy (non-hydrogen) atoms. The molecule has 158 valence electrons. The van der Waals surface area contributed by atoms with Crippen LogP contribution < -0.4 is 0 Å². The zero-order valence-electron chi connectivity index (χ0n) is 16.7. The molecular weight excluding hydrogens is 377 g/mol. The quantitative estimate of drug-likeness (QED) is 0.838. The van der Waals surface area contributed by atoms with Gasteiger partial charge in [-0.1, -0.05) is 17.7 Å². The van der Waals surface area contributed by atoms with E-state index < -0.39 is 6.09 Å². The summed E-state index contributed by atoms with van der Waals surface area (Å²) in [4.78, 5) is 29.8. The third-order valence-electron chi connectivity index (χ3n) is 6.44. The Morgan fingerprint density at radius 2 is 1.83 bits per heavy atom. The van der Waals surface area contributed by atoms with E-state index in [0.717, 1.165) is 18.4 Å². The van der Waals surface area contributed by atoms with Crippen molar-refractivity contribution in [2.75, 3.05) is 32.8 Å². The zero-order chi connectivity index (χ0) is 20.5. The number of aryl methyl sites for hydroxylation is 1. The van der Waals surface area contributed by atoms with Crippen LogP contribution in [0.2, 0.25) is 0 Å². The van der Waals surface area contributed by atoms with E-state index in [0.29, 0.717) is 51.3 Å². The van der Waals surface area contributed by atoms with E-state index in [1.165, 1.54) is 11.0 Å². The second kappa shape index (κ2) is 8.18. The topological polar surface area (TPSA) is 73.3 Å². The van der Waals surface area contributed by atoms with Gasteiger partial charge in [-0.15, -0.1) is 0 Å². The Bertz CT molecular complexity index is 775. The molecule has 0 spiro atoms. The summed E-state index contributed by atoms with van der Waals surface area (Å²) in [5.74, 6) is -0.296. The number of likely N-dealkylation sites (tertiary alicyclic amines) is 1. The third kappa shape index (κ3) is 3.90. The van der Waals surface area contributed by atoms with Crippen molar-refractivity contribution >= 4 is 12.1 Å². The van der Waals surface area contributed by atoms with Crippen molar-refractivity contribution in [1.29, 1.82) is 0 Å². The normalized spacial score (nSPS) is 24.4. The highest BCUT2D eigenvalue weighted by molar-refractivity contribution is 5.78. The van der Waals surface area contributed by atoms with E-state index >= 15 is 0 Å². The average molecular weight is 405 g/mol. The molecule has 1 aromatic rings. The van der Waals surface area contributed by atoms with Gasteiger partial charge in [-0.05, 0) is 38.7 Å². The summed E-state index contributed by atoms with van der Waals surface area (Å²) in [5.41, 5.74) is 1.51. The molecule has 1 atom stereocenters. The number of hydrogen-bond donors (Lipinski definition) is 1. The number of nitrogens with zero attached hydrogens (tertiary/aromatic N) is 3. The summed E-state index contributed by atoms with van der Waals surface area (Å²) in [6.07, 6.45) is 1.80. The number of carbonyl (C=O) groups excluding carboxylic acids is 1. The number of halogens is 1. The maximum Gasteiger partial charge on any atom is 0.407 e. The van der Waals surface area contributed by atoms with Gasteiger partial charge in [-0.2, -0.15) is 0 Å². The lowest BCUT2D eigenvalue weighted by atomic mass is 9.98. The number of amides is 3. The van der Waals surface area contributed by atoms with Gasteiger partial charge in [0.25, 0.3) is 0 Å². The van der Waals surface area contributed by atoms with Crippen molar-refractivity contribution in [1.82, 2.24) is 14.7 Å². The van der Waals surface area contributed by atoms with Crippen LogP contribution in [0.25, 0.3) is 0 Å². The Balaban J connectivity index is 1.62. The van der Waals surface area contributed by atoms with Gasteiger partial charge in [0.1, 0.15) is 5.82 Å². The summed E-state index contributed by atoms with van der Waals surface area (Å²) >= 11 is 0. The summed E-state index contributed by atoms with van der Waals surface area (Å²) < 4.78 is 20.2. The first kappa shape index (κ1) is 19.9. The molecular formula is C21H28FN3O4. The number of carbonyl (C=O) groups is 2. The van der Waals surface area contributed by atoms with Crippen LogP contribution in [0.1, 0.15) is 42.9 Å². The largest absolute Gasteiger partial charge is 0.465 e. The van der Waals surface area contributed by atoms with Crippen LogP contribution in [-0.4, -0.2) is 76.9 Å². The van der Waals surface area contributed by atoms with Crippen LogP contribution >= 0.6 is 0 Å². The van der Waals surface area contributed by atoms with E-state index in [-0.39, 0.29) is 30.0 Å². The van der Waals surface area contributed by atoms with Gasteiger partial charge in [-0.3, -0.25) is 0 Å². The van der Waals surface area contributed by atoms with Crippen LogP contribution in [-0.2, 0) is 4.74 Å². The van der Waals surface area contributed by atoms with Crippen LogP contribution in [0.3, 0.4) is 0 Å². The highest BCUT2D eigenvalue weighted by Crippen LogP contribution is 2.38. The molecule has 1 unspecified atom stereocenters. The monoisotopic (exact) mass is 405 g/mol. The standard InChI is InChI=1S/C21H28FN3O4/c1-14-2-3-18(22)17(12-14)19-13-24(15-6-10-29-11-7-15)20(26)25(19)16-4-8-23(9-5-16)21(27)28/h2-3,12,15-16,19H,4-11,13H2,1H3,(H,27,28). The lowest BCUT2D eigenvalue weighted by Gasteiger charge is -2.38. The molecule has 3 aliphatic rings. The number of carboxylic acid groups (broad SMARTS) is 1. The summed E-state index contributed by atoms with van der Waals surface area (Å²) in [6.45, 7) is 4.44. The molecule has 7 nitrogen and oxygen atoms in total. The summed E-state index contributed by atoms with van der Waals surface area (Å²) in [7, 11) is 0. The summed E-state index contributed by atoms with van der Waals surface area (Å²) in [5, 5.41) is 9.23. The van der Waals surface area contributed by atoms with Crippen molar-refractivity contribution in [3.63, 3.8) is 0 Å². The molecule has 1 N–H and O–H groups in total. The van der Waals surface area contributed by atoms with E-state index in [9.17, 15) is 19.1 Å². The predicted octanol–water partition coefficient (Wildman–Crippen LogP) is 3.23. The lowest BCUT2D eigenvalue weighted by molar-refractivity contribution is 0.0494. The summed E-state index contributed by atoms with van der Waals surface area (Å²) in [6, 6.07) is 4.64. The number of benzene rings is 1. The molecule has 3 aliphatic heterocycles. The van der Waals surface area contributed by atoms with Crippen molar-refractivity contribution in [2.45, 2.75) is 50.7 Å². The molecule has 0 bridgehead atoms. The van der Waals surface area contributed by atoms with Crippen molar-refractivity contribution in [3.05, 3.63) is 35.1 Å². The van der Waals surface area contributed by atoms with E-state index in [2.05, 4.69) is 0 Å². The average Bonchev–Trinajstić information content (AvgIpc) is 3.07. The fraction of sp³-hybridized carbons (Fsp3) is 0.619. The number of rotatable bonds is 3. The number of hydrogen-bond acceptors (Lipinski definition) is 3. The molecule has 1 aromatic carbocycles. The number of piperidine rings is 1. The van der Waals surface area contributed by atoms with Crippen LogP contribution in [0.4, 0.5) is 14.0 Å². The minimum atomic E-state index is -0.929. The van der Waals surface area contributed by atoms with E-state index in [1.807, 2.05) is 22.8 Å². The molecule has 3 fully saturated rings. The number of ether oxygens (including phenoxy) is 1. The first-order valence-corrected chi connectivity index (χ1v) is 10.4. The molecule has 3 amide bonds. The van der Waals surface area contributed by atoms with Gasteiger partial charge in [0.05, 0.1) is 6.04 Å². The Morgan fingerprint density at radius 3 is 2.48 bits per heavy atom. The van der Waals surface area contributed by atoms with Gasteiger partial charge < -0.3 is 24.5 Å². The first-order valence-electron chi connectivity index (χ1n) is 10.4. The van der Waals surface area contributed by atoms with E-state index in [1.54, 1.807) is 6.07 Å². The first-order chi connectivity index (χ1) is 14.0. The maximum absolute atomic E-state index is 14.8. The second-order valence-corrected chi connectivity index (χ2v) is 8.23. The van der Waals surface area contributed by atoms with Crippen LogP contribution in [0, 0.1) is 12.7 Å². The van der Waals surface area contributed by atoms with Gasteiger partial charge in [-0.25, -0.2) is 14.0 Å². The molecule has 4 rings (SSSR count). The van der Waals surface area contributed by atoms with Crippen molar-refractivity contribution in [3.8, 4) is 0 Å². The van der Waals surface area contributed by atoms with E-state index in [4.69, 9.17) is 4.74 Å². The molecule has 0 radical (unpaired) electrons. The SMILES string of the molecule is Cc1ccc(F)c(C2CN(C3CCOCC3)C(=O)N2C2CCN(C(=O)O)CC2)c1. The maximum atomic E-state index is 14.8. The van der Waals surface area contributed by atoms with Crippen molar-refractivity contribution < 1.29 is 23.8 Å². The minimum Gasteiger partial charge on any atom is -0.465 e. The van der Waals surface area contributed by atoms with Gasteiger partial charge in [0.2, 0.25) is 0 Å². The highest BCUT2D eigenvalue weighted by Gasteiger charge is 2.46. The Kier molecular flexibility index (Phi) is 5.63. The number of urea groups is 1. The molecule has 3 heterocycles. The minimum absolute atomic E-state index is 0.0587. The molecule has 8 heteroatoms. The molecule has 0 aliphatic carbocycles. The van der Waals surface area contributed by atoms with Crippen LogP contribution in [0.5, 0.6) is 0 Å². The fourth-order valence-corrected chi connectivity index (χ4v) is 4.85. The van der Waals surface area contributed by atoms with Crippen molar-refractivity contribution in [2.24, 2.45) is 0 Å². The highest BCUT2D eigenvalue weighted by atomic mass is 19.1. The Morgan fingerprint density at radius 1 is 1.14 bits per heavy atom. The smallest absolute Gasteiger partial charge is 0.407 e. The fourth-order valence-electron chi connectivity index (χ4n) is 4.85. The predicted molar refractivity (Wildman–Crippen MR) is 104 cm³/mol. The third-order valence-corrected chi connectivity index (χ3v) is 6.44. The Hall–Kier alpha value is -2.35. The zero-order valence-corrected chi connectivity index (χ0v) is 16.7. The van der Waals surface area contributed by atoms with Gasteiger partial charge >= 0.3 is 12.1 Å². The molecule has 0 aromatic heterocycles. The van der Waals surface area contributed by atoms with Crippen LogP contribution in [0.15, 0.2) is 18.2 Å². The molecule has 3 saturated heterocycles. The molecule has 0 saturated carbocycles. The lowest BCUT2D eigenvalue weighted by Crippen LogP contribution is -2.49. The van der Waals surface area contributed by atoms with Gasteiger partial charge in [0.15, 0.2) is 0 Å².